The molecule has 0 saturated carbocycles. The predicted octanol–water partition coefficient (Wildman–Crippen LogP) is 2.71. The maximum atomic E-state index is 12.4. The lowest BCUT2D eigenvalue weighted by molar-refractivity contribution is -0.140. The van der Waals surface area contributed by atoms with E-state index in [0.29, 0.717) is 12.0 Å². The summed E-state index contributed by atoms with van der Waals surface area (Å²) in [6.07, 6.45) is 0.664. The molecule has 0 saturated heterocycles. The molecular weight excluding hydrogens is 266 g/mol. The molecule has 1 unspecified atom stereocenters. The van der Waals surface area contributed by atoms with Crippen LogP contribution in [0.25, 0.3) is 0 Å². The molecule has 4 heteroatoms. The van der Waals surface area contributed by atoms with E-state index in [-0.39, 0.29) is 29.6 Å². The number of benzene rings is 1. The summed E-state index contributed by atoms with van der Waals surface area (Å²) >= 11 is 0. The first-order chi connectivity index (χ1) is 9.79. The standard InChI is InChI=1S/C17H25NO3/c1-17(2,3)13-8-6-12(7-9-13)16(20)14(18-4)10-11-15(19)21-5/h6-9,14,18H,10-11H2,1-5H3. The van der Waals surface area contributed by atoms with E-state index < -0.39 is 0 Å². The second-order valence-corrected chi connectivity index (χ2v) is 6.15. The van der Waals surface area contributed by atoms with Crippen LogP contribution in [-0.4, -0.2) is 32.0 Å². The van der Waals surface area contributed by atoms with Crippen molar-refractivity contribution in [1.82, 2.24) is 5.32 Å². The van der Waals surface area contributed by atoms with Gasteiger partial charge in [-0.25, -0.2) is 0 Å². The van der Waals surface area contributed by atoms with E-state index >= 15 is 0 Å². The zero-order chi connectivity index (χ0) is 16.0. The Balaban J connectivity index is 2.78. The van der Waals surface area contributed by atoms with Crippen molar-refractivity contribution in [3.63, 3.8) is 0 Å². The molecule has 21 heavy (non-hydrogen) atoms. The second kappa shape index (κ2) is 7.36. The molecule has 0 amide bonds. The molecule has 0 radical (unpaired) electrons. The zero-order valence-corrected chi connectivity index (χ0v) is 13.5. The average Bonchev–Trinajstić information content (AvgIpc) is 2.46. The van der Waals surface area contributed by atoms with Crippen LogP contribution in [0, 0.1) is 0 Å². The normalized spacial score (nSPS) is 12.8. The summed E-state index contributed by atoms with van der Waals surface area (Å²) in [5.41, 5.74) is 1.91. The Morgan fingerprint density at radius 1 is 1.19 bits per heavy atom. The maximum absolute atomic E-state index is 12.4. The third kappa shape index (κ3) is 4.97. The summed E-state index contributed by atoms with van der Waals surface area (Å²) in [4.78, 5) is 23.6. The lowest BCUT2D eigenvalue weighted by Gasteiger charge is -2.20. The monoisotopic (exact) mass is 291 g/mol. The molecular formula is C17H25NO3. The summed E-state index contributed by atoms with van der Waals surface area (Å²) in [5.74, 6) is -0.298. The molecule has 0 spiro atoms. The van der Waals surface area contributed by atoms with Gasteiger partial charge < -0.3 is 10.1 Å². The fourth-order valence-electron chi connectivity index (χ4n) is 2.11. The van der Waals surface area contributed by atoms with Gasteiger partial charge in [0.15, 0.2) is 5.78 Å². The van der Waals surface area contributed by atoms with Crippen LogP contribution in [-0.2, 0) is 14.9 Å². The third-order valence-corrected chi connectivity index (χ3v) is 3.57. The highest BCUT2D eigenvalue weighted by Gasteiger charge is 2.20. The Morgan fingerprint density at radius 3 is 2.19 bits per heavy atom. The molecule has 0 heterocycles. The Morgan fingerprint density at radius 2 is 1.76 bits per heavy atom. The highest BCUT2D eigenvalue weighted by Crippen LogP contribution is 2.22. The van der Waals surface area contributed by atoms with Crippen LogP contribution in [0.3, 0.4) is 0 Å². The van der Waals surface area contributed by atoms with Crippen molar-refractivity contribution in [2.24, 2.45) is 0 Å². The number of likely N-dealkylation sites (N-methyl/N-ethyl adjacent to an activating group) is 1. The van der Waals surface area contributed by atoms with Crippen LogP contribution in [0.15, 0.2) is 24.3 Å². The van der Waals surface area contributed by atoms with Crippen molar-refractivity contribution in [3.05, 3.63) is 35.4 Å². The first kappa shape index (κ1) is 17.4. The van der Waals surface area contributed by atoms with Gasteiger partial charge in [-0.15, -0.1) is 0 Å². The minimum atomic E-state index is -0.371. The summed E-state index contributed by atoms with van der Waals surface area (Å²) < 4.78 is 4.61. The number of hydrogen-bond donors (Lipinski definition) is 1. The van der Waals surface area contributed by atoms with E-state index in [2.05, 4.69) is 30.8 Å². The first-order valence-corrected chi connectivity index (χ1v) is 7.18. The Labute approximate surface area is 126 Å². The van der Waals surface area contributed by atoms with Gasteiger partial charge in [-0.2, -0.15) is 0 Å². The first-order valence-electron chi connectivity index (χ1n) is 7.18. The van der Waals surface area contributed by atoms with Crippen molar-refractivity contribution in [2.75, 3.05) is 14.2 Å². The minimum Gasteiger partial charge on any atom is -0.469 e. The molecule has 0 aromatic heterocycles. The predicted molar refractivity (Wildman–Crippen MR) is 83.6 cm³/mol. The van der Waals surface area contributed by atoms with Gasteiger partial charge in [0.25, 0.3) is 0 Å². The number of methoxy groups -OCH3 is 1. The van der Waals surface area contributed by atoms with Gasteiger partial charge in [-0.05, 0) is 24.4 Å². The third-order valence-electron chi connectivity index (χ3n) is 3.57. The Hall–Kier alpha value is -1.68. The number of Topliss-reactive ketones (excluding diaryl/α,β-unsaturated/α-hetero) is 1. The van der Waals surface area contributed by atoms with Gasteiger partial charge in [-0.1, -0.05) is 45.0 Å². The Kier molecular flexibility index (Phi) is 6.09. The molecule has 1 N–H and O–H groups in total. The highest BCUT2D eigenvalue weighted by molar-refractivity contribution is 6.00. The maximum Gasteiger partial charge on any atom is 0.305 e. The van der Waals surface area contributed by atoms with Crippen molar-refractivity contribution in [2.45, 2.75) is 45.1 Å². The molecule has 0 aliphatic rings. The SMILES string of the molecule is CNC(CCC(=O)OC)C(=O)c1ccc(C(C)(C)C)cc1. The van der Waals surface area contributed by atoms with E-state index in [9.17, 15) is 9.59 Å². The van der Waals surface area contributed by atoms with E-state index in [1.54, 1.807) is 7.05 Å². The lowest BCUT2D eigenvalue weighted by atomic mass is 9.86. The van der Waals surface area contributed by atoms with E-state index in [4.69, 9.17) is 0 Å². The van der Waals surface area contributed by atoms with Crippen LogP contribution in [0.2, 0.25) is 0 Å². The highest BCUT2D eigenvalue weighted by atomic mass is 16.5. The smallest absolute Gasteiger partial charge is 0.305 e. The molecule has 0 fully saturated rings. The van der Waals surface area contributed by atoms with Crippen molar-refractivity contribution < 1.29 is 14.3 Å². The largest absolute Gasteiger partial charge is 0.469 e. The number of ether oxygens (including phenoxy) is 1. The molecule has 0 aliphatic carbocycles. The topological polar surface area (TPSA) is 55.4 Å². The summed E-state index contributed by atoms with van der Waals surface area (Å²) in [5, 5.41) is 2.97. The van der Waals surface area contributed by atoms with Crippen LogP contribution in [0.4, 0.5) is 0 Å². The van der Waals surface area contributed by atoms with Gasteiger partial charge >= 0.3 is 5.97 Å². The molecule has 1 aromatic rings. The molecule has 1 aromatic carbocycles. The Bertz CT molecular complexity index is 486. The van der Waals surface area contributed by atoms with Crippen LogP contribution in [0.5, 0.6) is 0 Å². The zero-order valence-electron chi connectivity index (χ0n) is 13.5. The molecule has 0 aliphatic heterocycles. The van der Waals surface area contributed by atoms with Gasteiger partial charge in [0.05, 0.1) is 13.2 Å². The van der Waals surface area contributed by atoms with Gasteiger partial charge in [-0.3, -0.25) is 9.59 Å². The molecule has 4 nitrogen and oxygen atoms in total. The molecule has 1 rings (SSSR count). The van der Waals surface area contributed by atoms with Crippen LogP contribution >= 0.6 is 0 Å². The number of rotatable bonds is 6. The molecule has 116 valence electrons. The van der Waals surface area contributed by atoms with E-state index in [1.807, 2.05) is 24.3 Å². The van der Waals surface area contributed by atoms with Gasteiger partial charge in [0, 0.05) is 12.0 Å². The summed E-state index contributed by atoms with van der Waals surface area (Å²) in [7, 11) is 3.08. The van der Waals surface area contributed by atoms with Crippen molar-refractivity contribution in [1.29, 1.82) is 0 Å². The van der Waals surface area contributed by atoms with E-state index in [0.717, 1.165) is 0 Å². The lowest BCUT2D eigenvalue weighted by Crippen LogP contribution is -2.34. The minimum absolute atomic E-state index is 0.00172. The number of carbonyl (C=O) groups is 2. The number of ketones is 1. The van der Waals surface area contributed by atoms with Crippen molar-refractivity contribution >= 4 is 11.8 Å². The number of esters is 1. The van der Waals surface area contributed by atoms with E-state index in [1.165, 1.54) is 12.7 Å². The van der Waals surface area contributed by atoms with Crippen LogP contribution in [0.1, 0.15) is 49.5 Å². The molecule has 1 atom stereocenters. The van der Waals surface area contributed by atoms with Crippen LogP contribution < -0.4 is 5.32 Å². The average molecular weight is 291 g/mol. The van der Waals surface area contributed by atoms with Gasteiger partial charge in [0.1, 0.15) is 0 Å². The summed E-state index contributed by atoms with van der Waals surface area (Å²) in [6.45, 7) is 6.41. The van der Waals surface area contributed by atoms with Crippen molar-refractivity contribution in [3.8, 4) is 0 Å². The number of hydrogen-bond acceptors (Lipinski definition) is 4. The number of carbonyl (C=O) groups excluding carboxylic acids is 2. The molecule has 0 bridgehead atoms. The van der Waals surface area contributed by atoms with Gasteiger partial charge in [0.2, 0.25) is 0 Å². The fraction of sp³-hybridized carbons (Fsp3) is 0.529. The fourth-order valence-corrected chi connectivity index (χ4v) is 2.11. The number of nitrogens with one attached hydrogen (secondary N) is 1. The quantitative estimate of drug-likeness (QED) is 0.647. The summed E-state index contributed by atoms with van der Waals surface area (Å²) in [6, 6.07) is 7.31. The second-order valence-electron chi connectivity index (χ2n) is 6.15.